The number of hydrogen-bond acceptors (Lipinski definition) is 6. The lowest BCUT2D eigenvalue weighted by Gasteiger charge is -2.40. The molecule has 86 valence electrons. The van der Waals surface area contributed by atoms with Gasteiger partial charge in [0.1, 0.15) is 0 Å². The molecule has 0 saturated carbocycles. The van der Waals surface area contributed by atoms with Crippen LogP contribution in [-0.4, -0.2) is 69.3 Å². The lowest BCUT2D eigenvalue weighted by atomic mass is 9.91. The van der Waals surface area contributed by atoms with E-state index in [1.165, 1.54) is 4.90 Å². The fraction of sp³-hybridized carbons (Fsp3) is 1.00. The maximum Gasteiger partial charge on any atom is 0.0979 e. The summed E-state index contributed by atoms with van der Waals surface area (Å²) in [6.45, 7) is -1.57. The second-order valence-electron chi connectivity index (χ2n) is 3.15. The van der Waals surface area contributed by atoms with Crippen LogP contribution in [0.2, 0.25) is 0 Å². The van der Waals surface area contributed by atoms with Gasteiger partial charge in [0.15, 0.2) is 0 Å². The van der Waals surface area contributed by atoms with Gasteiger partial charge < -0.3 is 25.5 Å². The SMILES string of the molecule is OCCC(CO)(CCO)N(CO)CO. The first-order chi connectivity index (χ1) is 6.70. The molecule has 0 atom stereocenters. The topological polar surface area (TPSA) is 104 Å². The molecule has 0 heterocycles. The summed E-state index contributed by atoms with van der Waals surface area (Å²) in [5.74, 6) is 0. The van der Waals surface area contributed by atoms with Crippen molar-refractivity contribution >= 4 is 0 Å². The Bertz CT molecular complexity index is 134. The van der Waals surface area contributed by atoms with Crippen LogP contribution in [0.15, 0.2) is 0 Å². The van der Waals surface area contributed by atoms with Gasteiger partial charge in [-0.3, -0.25) is 0 Å². The van der Waals surface area contributed by atoms with Crippen molar-refractivity contribution in [1.29, 1.82) is 0 Å². The van der Waals surface area contributed by atoms with E-state index < -0.39 is 19.0 Å². The Kier molecular flexibility index (Phi) is 6.98. The van der Waals surface area contributed by atoms with Gasteiger partial charge in [-0.15, -0.1) is 0 Å². The Morgan fingerprint density at radius 1 is 0.786 bits per heavy atom. The molecule has 0 saturated heterocycles. The Morgan fingerprint density at radius 3 is 1.43 bits per heavy atom. The van der Waals surface area contributed by atoms with Crippen molar-refractivity contribution in [3.05, 3.63) is 0 Å². The Labute approximate surface area is 83.0 Å². The minimum Gasteiger partial charge on any atom is -0.396 e. The molecule has 14 heavy (non-hydrogen) atoms. The molecule has 0 aliphatic carbocycles. The summed E-state index contributed by atoms with van der Waals surface area (Å²) in [7, 11) is 0. The van der Waals surface area contributed by atoms with Gasteiger partial charge in [-0.05, 0) is 12.8 Å². The van der Waals surface area contributed by atoms with Gasteiger partial charge in [-0.1, -0.05) is 0 Å². The maximum absolute atomic E-state index is 9.19. The van der Waals surface area contributed by atoms with E-state index in [4.69, 9.17) is 20.4 Å². The Balaban J connectivity index is 4.59. The van der Waals surface area contributed by atoms with E-state index >= 15 is 0 Å². The highest BCUT2D eigenvalue weighted by Gasteiger charge is 2.34. The van der Waals surface area contributed by atoms with Gasteiger partial charge >= 0.3 is 0 Å². The van der Waals surface area contributed by atoms with Crippen molar-refractivity contribution in [3.8, 4) is 0 Å². The highest BCUT2D eigenvalue weighted by Crippen LogP contribution is 2.22. The monoisotopic (exact) mass is 209 g/mol. The smallest absolute Gasteiger partial charge is 0.0979 e. The lowest BCUT2D eigenvalue weighted by molar-refractivity contribution is -0.0908. The van der Waals surface area contributed by atoms with Crippen molar-refractivity contribution in [2.75, 3.05) is 33.3 Å². The molecule has 0 amide bonds. The van der Waals surface area contributed by atoms with Crippen LogP contribution >= 0.6 is 0 Å². The molecule has 0 radical (unpaired) electrons. The van der Waals surface area contributed by atoms with Crippen LogP contribution in [0.1, 0.15) is 12.8 Å². The zero-order valence-corrected chi connectivity index (χ0v) is 8.13. The molecule has 5 N–H and O–H groups in total. The molecular weight excluding hydrogens is 190 g/mol. The summed E-state index contributed by atoms with van der Waals surface area (Å²) in [6.07, 6.45) is 0.371. The quantitative estimate of drug-likeness (QED) is 0.288. The van der Waals surface area contributed by atoms with E-state index in [0.29, 0.717) is 0 Å². The molecule has 0 rings (SSSR count). The average Bonchev–Trinajstić information content (AvgIpc) is 2.20. The molecule has 0 aromatic rings. The van der Waals surface area contributed by atoms with E-state index in [9.17, 15) is 5.11 Å². The third-order valence-electron chi connectivity index (χ3n) is 2.46. The first kappa shape index (κ1) is 13.8. The molecule has 6 nitrogen and oxygen atoms in total. The summed E-state index contributed by atoms with van der Waals surface area (Å²) >= 11 is 0. The number of aliphatic hydroxyl groups is 5. The molecule has 0 aliphatic heterocycles. The Morgan fingerprint density at radius 2 is 1.21 bits per heavy atom. The average molecular weight is 209 g/mol. The van der Waals surface area contributed by atoms with E-state index in [0.717, 1.165) is 0 Å². The van der Waals surface area contributed by atoms with Gasteiger partial charge in [-0.25, -0.2) is 4.90 Å². The van der Waals surface area contributed by atoms with Crippen LogP contribution in [0, 0.1) is 0 Å². The summed E-state index contributed by atoms with van der Waals surface area (Å²) in [5, 5.41) is 44.7. The second-order valence-corrected chi connectivity index (χ2v) is 3.15. The van der Waals surface area contributed by atoms with Gasteiger partial charge in [-0.2, -0.15) is 0 Å². The normalized spacial score (nSPS) is 12.4. The maximum atomic E-state index is 9.19. The van der Waals surface area contributed by atoms with Crippen molar-refractivity contribution in [1.82, 2.24) is 4.90 Å². The van der Waals surface area contributed by atoms with E-state index in [1.807, 2.05) is 0 Å². The molecule has 0 aromatic carbocycles. The van der Waals surface area contributed by atoms with Gasteiger partial charge in [0.05, 0.1) is 25.6 Å². The van der Waals surface area contributed by atoms with Crippen LogP contribution in [0.25, 0.3) is 0 Å². The molecule has 0 unspecified atom stereocenters. The predicted octanol–water partition coefficient (Wildman–Crippen LogP) is -2.32. The number of nitrogens with zero attached hydrogens (tertiary/aromatic N) is 1. The highest BCUT2D eigenvalue weighted by molar-refractivity contribution is 4.87. The van der Waals surface area contributed by atoms with Gasteiger partial charge in [0.25, 0.3) is 0 Å². The largest absolute Gasteiger partial charge is 0.396 e. The first-order valence-electron chi connectivity index (χ1n) is 4.50. The van der Waals surface area contributed by atoms with Crippen molar-refractivity contribution in [2.45, 2.75) is 18.4 Å². The van der Waals surface area contributed by atoms with E-state index in [2.05, 4.69) is 0 Å². The molecule has 0 spiro atoms. The fourth-order valence-electron chi connectivity index (χ4n) is 1.46. The van der Waals surface area contributed by atoms with Crippen LogP contribution < -0.4 is 0 Å². The number of hydrogen-bond donors (Lipinski definition) is 5. The number of rotatable bonds is 8. The molecule has 0 bridgehead atoms. The van der Waals surface area contributed by atoms with Crippen LogP contribution in [0.4, 0.5) is 0 Å². The minimum absolute atomic E-state index is 0.183. The van der Waals surface area contributed by atoms with Crippen LogP contribution in [0.3, 0.4) is 0 Å². The summed E-state index contributed by atoms with van der Waals surface area (Å²) < 4.78 is 0. The molecule has 0 aromatic heterocycles. The first-order valence-corrected chi connectivity index (χ1v) is 4.50. The zero-order valence-electron chi connectivity index (χ0n) is 8.13. The van der Waals surface area contributed by atoms with E-state index in [-0.39, 0.29) is 32.7 Å². The summed E-state index contributed by atoms with van der Waals surface area (Å²) in [4.78, 5) is 1.21. The van der Waals surface area contributed by atoms with Crippen LogP contribution in [-0.2, 0) is 0 Å². The Hall–Kier alpha value is -0.240. The molecule has 6 heteroatoms. The lowest BCUT2D eigenvalue weighted by Crippen LogP contribution is -2.53. The predicted molar refractivity (Wildman–Crippen MR) is 49.2 cm³/mol. The standard InChI is InChI=1S/C8H19NO5/c10-3-1-8(5-12,2-4-11)9(6-13)7-14/h10-14H,1-7H2. The van der Waals surface area contributed by atoms with Gasteiger partial charge in [0.2, 0.25) is 0 Å². The zero-order chi connectivity index (χ0) is 11.0. The summed E-state index contributed by atoms with van der Waals surface area (Å²) in [6, 6.07) is 0. The fourth-order valence-corrected chi connectivity index (χ4v) is 1.46. The highest BCUT2D eigenvalue weighted by atomic mass is 16.3. The minimum atomic E-state index is -0.951. The number of aliphatic hydroxyl groups excluding tert-OH is 5. The molecule has 0 fully saturated rings. The summed E-state index contributed by atoms with van der Waals surface area (Å²) in [5.41, 5.74) is -0.951. The van der Waals surface area contributed by atoms with Crippen molar-refractivity contribution in [3.63, 3.8) is 0 Å². The van der Waals surface area contributed by atoms with Crippen LogP contribution in [0.5, 0.6) is 0 Å². The third-order valence-corrected chi connectivity index (χ3v) is 2.46. The van der Waals surface area contributed by atoms with Crippen molar-refractivity contribution in [2.24, 2.45) is 0 Å². The second kappa shape index (κ2) is 7.10. The molecular formula is C8H19NO5. The molecule has 0 aliphatic rings. The van der Waals surface area contributed by atoms with Gasteiger partial charge in [0, 0.05) is 13.2 Å². The third kappa shape index (κ3) is 3.16. The van der Waals surface area contributed by atoms with Crippen molar-refractivity contribution < 1.29 is 25.5 Å². The van der Waals surface area contributed by atoms with E-state index in [1.54, 1.807) is 0 Å².